The van der Waals surface area contributed by atoms with E-state index in [9.17, 15) is 0 Å². The minimum absolute atomic E-state index is 0.338. The largest absolute Gasteiger partial charge is 0.376 e. The quantitative estimate of drug-likeness (QED) is 0.633. The lowest BCUT2D eigenvalue weighted by Crippen LogP contribution is -2.31. The van der Waals surface area contributed by atoms with Crippen LogP contribution in [0, 0.1) is 11.3 Å². The van der Waals surface area contributed by atoms with Crippen LogP contribution < -0.4 is 0 Å². The molecule has 2 unspecified atom stereocenters. The van der Waals surface area contributed by atoms with Crippen LogP contribution in [0.3, 0.4) is 0 Å². The van der Waals surface area contributed by atoms with Gasteiger partial charge in [-0.1, -0.05) is 27.7 Å². The molecule has 0 aliphatic rings. The van der Waals surface area contributed by atoms with Gasteiger partial charge in [0.25, 0.3) is 0 Å². The molecule has 2 atom stereocenters. The molecule has 0 radical (unpaired) electrons. The van der Waals surface area contributed by atoms with E-state index in [1.165, 1.54) is 0 Å². The van der Waals surface area contributed by atoms with Crippen molar-refractivity contribution in [3.63, 3.8) is 0 Å². The lowest BCUT2D eigenvalue weighted by atomic mass is 9.79. The molecule has 0 fully saturated rings. The van der Waals surface area contributed by atoms with Gasteiger partial charge in [-0.2, -0.15) is 0 Å². The van der Waals surface area contributed by atoms with Crippen LogP contribution in [0.2, 0.25) is 0 Å². The molecule has 0 aliphatic heterocycles. The molecule has 0 aromatic heterocycles. The fourth-order valence-corrected chi connectivity index (χ4v) is 1.25. The Morgan fingerprint density at radius 3 is 1.58 bits per heavy atom. The summed E-state index contributed by atoms with van der Waals surface area (Å²) in [4.78, 5) is 0. The molecule has 0 spiro atoms. The summed E-state index contributed by atoms with van der Waals surface area (Å²) in [6.45, 7) is 15.4. The SMILES string of the molecule is CC(C)OC(C)C(C)C(C)(C)C. The summed E-state index contributed by atoms with van der Waals surface area (Å²) in [6.07, 6.45) is 0.690. The van der Waals surface area contributed by atoms with Crippen LogP contribution in [0.1, 0.15) is 48.5 Å². The first kappa shape index (κ1) is 12.0. The summed E-state index contributed by atoms with van der Waals surface area (Å²) < 4.78 is 5.74. The monoisotopic (exact) mass is 172 g/mol. The van der Waals surface area contributed by atoms with Crippen LogP contribution in [0.5, 0.6) is 0 Å². The highest BCUT2D eigenvalue weighted by molar-refractivity contribution is 4.75. The molecule has 0 amide bonds. The molecule has 0 N–H and O–H groups in total. The Morgan fingerprint density at radius 1 is 0.917 bits per heavy atom. The van der Waals surface area contributed by atoms with Gasteiger partial charge in [-0.15, -0.1) is 0 Å². The predicted molar refractivity (Wildman–Crippen MR) is 54.3 cm³/mol. The Bertz CT molecular complexity index is 121. The van der Waals surface area contributed by atoms with Crippen molar-refractivity contribution in [3.8, 4) is 0 Å². The standard InChI is InChI=1S/C11H24O/c1-8(2)12-10(4)9(3)11(5,6)7/h8-10H,1-7H3. The maximum atomic E-state index is 5.74. The Hall–Kier alpha value is -0.0400. The number of ether oxygens (including phenoxy) is 1. The maximum Gasteiger partial charge on any atom is 0.0580 e. The summed E-state index contributed by atoms with van der Waals surface area (Å²) >= 11 is 0. The molecule has 0 aromatic rings. The molecule has 0 heterocycles. The van der Waals surface area contributed by atoms with E-state index in [1.807, 2.05) is 0 Å². The average molecular weight is 172 g/mol. The Morgan fingerprint density at radius 2 is 1.33 bits per heavy atom. The molecular weight excluding hydrogens is 148 g/mol. The van der Waals surface area contributed by atoms with Gasteiger partial charge in [0.2, 0.25) is 0 Å². The molecule has 0 rings (SSSR count). The lowest BCUT2D eigenvalue weighted by Gasteiger charge is -2.33. The van der Waals surface area contributed by atoms with Gasteiger partial charge in [0.05, 0.1) is 12.2 Å². The van der Waals surface area contributed by atoms with Crippen molar-refractivity contribution in [2.45, 2.75) is 60.7 Å². The molecule has 0 saturated heterocycles. The third kappa shape index (κ3) is 4.10. The first-order valence-corrected chi connectivity index (χ1v) is 4.90. The van der Waals surface area contributed by atoms with Gasteiger partial charge in [-0.05, 0) is 32.1 Å². The van der Waals surface area contributed by atoms with Crippen molar-refractivity contribution in [1.29, 1.82) is 0 Å². The van der Waals surface area contributed by atoms with Gasteiger partial charge in [-0.25, -0.2) is 0 Å². The molecule has 0 aliphatic carbocycles. The zero-order valence-electron chi connectivity index (χ0n) is 9.64. The van der Waals surface area contributed by atoms with E-state index in [0.29, 0.717) is 23.5 Å². The third-order valence-electron chi connectivity index (χ3n) is 2.56. The summed E-state index contributed by atoms with van der Waals surface area (Å²) in [5, 5.41) is 0. The van der Waals surface area contributed by atoms with Gasteiger partial charge in [0.1, 0.15) is 0 Å². The predicted octanol–water partition coefficient (Wildman–Crippen LogP) is 3.48. The van der Waals surface area contributed by atoms with Crippen molar-refractivity contribution in [3.05, 3.63) is 0 Å². The molecule has 1 heteroatoms. The highest BCUT2D eigenvalue weighted by Crippen LogP contribution is 2.29. The fourth-order valence-electron chi connectivity index (χ4n) is 1.25. The summed E-state index contributed by atoms with van der Waals surface area (Å²) in [5.74, 6) is 0.597. The molecule has 0 saturated carbocycles. The van der Waals surface area contributed by atoms with E-state index in [-0.39, 0.29) is 0 Å². The van der Waals surface area contributed by atoms with Gasteiger partial charge in [0.15, 0.2) is 0 Å². The van der Waals surface area contributed by atoms with Crippen LogP contribution >= 0.6 is 0 Å². The first-order chi connectivity index (χ1) is 5.25. The molecule has 0 aromatic carbocycles. The fraction of sp³-hybridized carbons (Fsp3) is 1.00. The van der Waals surface area contributed by atoms with Crippen LogP contribution in [-0.4, -0.2) is 12.2 Å². The van der Waals surface area contributed by atoms with Gasteiger partial charge in [0, 0.05) is 0 Å². The Balaban J connectivity index is 4.01. The van der Waals surface area contributed by atoms with Crippen molar-refractivity contribution >= 4 is 0 Å². The van der Waals surface area contributed by atoms with E-state index in [1.54, 1.807) is 0 Å². The summed E-state index contributed by atoms with van der Waals surface area (Å²) in [7, 11) is 0. The van der Waals surface area contributed by atoms with Crippen LogP contribution in [0.15, 0.2) is 0 Å². The Labute approximate surface area is 77.5 Å². The summed E-state index contributed by atoms with van der Waals surface area (Å²) in [5.41, 5.74) is 0.342. The van der Waals surface area contributed by atoms with Crippen LogP contribution in [0.25, 0.3) is 0 Å². The molecular formula is C11H24O. The maximum absolute atomic E-state index is 5.74. The number of hydrogen-bond donors (Lipinski definition) is 0. The minimum Gasteiger partial charge on any atom is -0.376 e. The van der Waals surface area contributed by atoms with Gasteiger partial charge < -0.3 is 4.74 Å². The van der Waals surface area contributed by atoms with Crippen molar-refractivity contribution in [2.75, 3.05) is 0 Å². The van der Waals surface area contributed by atoms with Crippen molar-refractivity contribution in [1.82, 2.24) is 0 Å². The lowest BCUT2D eigenvalue weighted by molar-refractivity contribution is -0.0383. The smallest absolute Gasteiger partial charge is 0.0580 e. The Kier molecular flexibility index (Phi) is 4.25. The normalized spacial score (nSPS) is 18.0. The zero-order chi connectivity index (χ0) is 9.94. The number of hydrogen-bond acceptors (Lipinski definition) is 1. The topological polar surface area (TPSA) is 9.23 Å². The summed E-state index contributed by atoms with van der Waals surface area (Å²) in [6, 6.07) is 0. The van der Waals surface area contributed by atoms with E-state index >= 15 is 0 Å². The second-order valence-electron chi connectivity index (χ2n) is 5.04. The van der Waals surface area contributed by atoms with Gasteiger partial charge in [-0.3, -0.25) is 0 Å². The zero-order valence-corrected chi connectivity index (χ0v) is 9.64. The minimum atomic E-state index is 0.338. The van der Waals surface area contributed by atoms with Crippen molar-refractivity contribution < 1.29 is 4.74 Å². The van der Waals surface area contributed by atoms with E-state index in [2.05, 4.69) is 48.5 Å². The van der Waals surface area contributed by atoms with E-state index in [0.717, 1.165) is 0 Å². The second kappa shape index (κ2) is 4.27. The molecule has 74 valence electrons. The highest BCUT2D eigenvalue weighted by atomic mass is 16.5. The van der Waals surface area contributed by atoms with Crippen LogP contribution in [-0.2, 0) is 4.74 Å². The highest BCUT2D eigenvalue weighted by Gasteiger charge is 2.26. The third-order valence-corrected chi connectivity index (χ3v) is 2.56. The molecule has 1 nitrogen and oxygen atoms in total. The molecule has 12 heavy (non-hydrogen) atoms. The van der Waals surface area contributed by atoms with Crippen molar-refractivity contribution in [2.24, 2.45) is 11.3 Å². The second-order valence-corrected chi connectivity index (χ2v) is 5.04. The molecule has 0 bridgehead atoms. The first-order valence-electron chi connectivity index (χ1n) is 4.90. The van der Waals surface area contributed by atoms with Crippen LogP contribution in [0.4, 0.5) is 0 Å². The van der Waals surface area contributed by atoms with E-state index < -0.39 is 0 Å². The van der Waals surface area contributed by atoms with Gasteiger partial charge >= 0.3 is 0 Å². The number of rotatable bonds is 3. The van der Waals surface area contributed by atoms with E-state index in [4.69, 9.17) is 4.74 Å². The average Bonchev–Trinajstić information content (AvgIpc) is 1.82.